The lowest BCUT2D eigenvalue weighted by Crippen LogP contribution is -2.51. The number of hydrogen-bond donors (Lipinski definition) is 1. The van der Waals surface area contributed by atoms with E-state index in [9.17, 15) is 19.2 Å². The van der Waals surface area contributed by atoms with Crippen molar-refractivity contribution in [3.8, 4) is 0 Å². The van der Waals surface area contributed by atoms with E-state index in [2.05, 4.69) is 5.32 Å². The normalized spacial score (nSPS) is 17.8. The molecular weight excluding hydrogens is 376 g/mol. The van der Waals surface area contributed by atoms with E-state index in [1.165, 1.54) is 4.90 Å². The maximum atomic E-state index is 12.8. The van der Waals surface area contributed by atoms with Crippen molar-refractivity contribution in [1.29, 1.82) is 0 Å². The summed E-state index contributed by atoms with van der Waals surface area (Å²) in [5.74, 6) is -0.415. The van der Waals surface area contributed by atoms with Gasteiger partial charge < -0.3 is 14.5 Å². The molecule has 29 heavy (non-hydrogen) atoms. The van der Waals surface area contributed by atoms with Gasteiger partial charge in [-0.2, -0.15) is 0 Å². The van der Waals surface area contributed by atoms with Crippen LogP contribution >= 0.6 is 0 Å². The largest absolute Gasteiger partial charge is 0.444 e. The van der Waals surface area contributed by atoms with Crippen LogP contribution in [0.1, 0.15) is 37.6 Å². The average molecular weight is 402 g/mol. The van der Waals surface area contributed by atoms with E-state index in [1.54, 1.807) is 34.1 Å². The van der Waals surface area contributed by atoms with E-state index in [0.29, 0.717) is 44.0 Å². The number of nitrogens with one attached hydrogen (secondary N) is 1. The minimum Gasteiger partial charge on any atom is -0.444 e. The fourth-order valence-corrected chi connectivity index (χ4v) is 3.20. The Morgan fingerprint density at radius 1 is 0.931 bits per heavy atom. The molecule has 0 saturated carbocycles. The minimum absolute atomic E-state index is 0.126. The van der Waals surface area contributed by atoms with Crippen molar-refractivity contribution in [3.05, 3.63) is 29.8 Å². The molecule has 0 spiro atoms. The van der Waals surface area contributed by atoms with Crippen LogP contribution in [0, 0.1) is 0 Å². The summed E-state index contributed by atoms with van der Waals surface area (Å²) in [6, 6.07) is 6.26. The van der Waals surface area contributed by atoms with E-state index in [0.717, 1.165) is 0 Å². The van der Waals surface area contributed by atoms with Crippen molar-refractivity contribution in [2.24, 2.45) is 0 Å². The number of benzene rings is 1. The Bertz CT molecular complexity index is 807. The first-order valence-corrected chi connectivity index (χ1v) is 9.63. The van der Waals surface area contributed by atoms with Crippen LogP contribution in [-0.2, 0) is 9.53 Å². The molecule has 3 rings (SSSR count). The molecule has 9 nitrogen and oxygen atoms in total. The van der Waals surface area contributed by atoms with Gasteiger partial charge in [0.25, 0.3) is 5.91 Å². The van der Waals surface area contributed by atoms with Gasteiger partial charge in [0, 0.05) is 50.4 Å². The Kier molecular flexibility index (Phi) is 5.76. The molecule has 2 saturated heterocycles. The van der Waals surface area contributed by atoms with Gasteiger partial charge in [-0.15, -0.1) is 0 Å². The van der Waals surface area contributed by atoms with Gasteiger partial charge in [-0.05, 0) is 45.0 Å². The van der Waals surface area contributed by atoms with E-state index in [1.807, 2.05) is 20.8 Å². The number of carbonyl (C=O) groups is 4. The van der Waals surface area contributed by atoms with Crippen LogP contribution in [-0.4, -0.2) is 72.1 Å². The number of amides is 5. The Labute approximate surface area is 169 Å². The molecule has 1 aromatic rings. The maximum absolute atomic E-state index is 12.8. The highest BCUT2D eigenvalue weighted by atomic mass is 16.6. The molecule has 0 atom stereocenters. The Morgan fingerprint density at radius 2 is 1.52 bits per heavy atom. The van der Waals surface area contributed by atoms with Crippen LogP contribution in [0.15, 0.2) is 24.3 Å². The topological polar surface area (TPSA) is 99.3 Å². The van der Waals surface area contributed by atoms with Crippen LogP contribution in [0.2, 0.25) is 0 Å². The lowest BCUT2D eigenvalue weighted by molar-refractivity contribution is -0.120. The third-order valence-corrected chi connectivity index (χ3v) is 4.70. The summed E-state index contributed by atoms with van der Waals surface area (Å²) in [4.78, 5) is 52.8. The zero-order valence-electron chi connectivity index (χ0n) is 16.9. The quantitative estimate of drug-likeness (QED) is 0.814. The standard InChI is InChI=1S/C20H26N4O5/c1-20(2,3)29-19(28)23-12-10-22(11-13-23)17(26)14-4-6-15(7-5-14)24-9-8-16(25)21-18(24)27/h4-7H,8-13H2,1-3H3,(H,21,25,27). The fraction of sp³-hybridized carbons (Fsp3) is 0.500. The van der Waals surface area contributed by atoms with Gasteiger partial charge in [0.05, 0.1) is 0 Å². The van der Waals surface area contributed by atoms with E-state index in [-0.39, 0.29) is 24.3 Å². The second-order valence-corrected chi connectivity index (χ2v) is 8.06. The lowest BCUT2D eigenvalue weighted by Gasteiger charge is -2.35. The number of carbonyl (C=O) groups excluding carboxylic acids is 4. The van der Waals surface area contributed by atoms with Crippen molar-refractivity contribution in [2.45, 2.75) is 32.8 Å². The smallest absolute Gasteiger partial charge is 0.410 e. The molecule has 2 fully saturated rings. The number of anilines is 1. The predicted octanol–water partition coefficient (Wildman–Crippen LogP) is 1.83. The van der Waals surface area contributed by atoms with Crippen molar-refractivity contribution in [1.82, 2.24) is 15.1 Å². The minimum atomic E-state index is -0.551. The predicted molar refractivity (Wildman–Crippen MR) is 106 cm³/mol. The molecule has 0 radical (unpaired) electrons. The van der Waals surface area contributed by atoms with Crippen LogP contribution in [0.4, 0.5) is 15.3 Å². The summed E-state index contributed by atoms with van der Waals surface area (Å²) in [5, 5.41) is 2.27. The molecule has 1 N–H and O–H groups in total. The van der Waals surface area contributed by atoms with Gasteiger partial charge in [-0.3, -0.25) is 19.8 Å². The van der Waals surface area contributed by atoms with E-state index < -0.39 is 11.6 Å². The number of imide groups is 1. The highest BCUT2D eigenvalue weighted by Gasteiger charge is 2.28. The molecule has 2 heterocycles. The van der Waals surface area contributed by atoms with E-state index >= 15 is 0 Å². The van der Waals surface area contributed by atoms with Gasteiger partial charge in [0.1, 0.15) is 5.60 Å². The molecular formula is C20H26N4O5. The zero-order chi connectivity index (χ0) is 21.2. The first kappa shape index (κ1) is 20.6. The number of ether oxygens (including phenoxy) is 1. The molecule has 1 aromatic carbocycles. The third kappa shape index (κ3) is 5.04. The van der Waals surface area contributed by atoms with Crippen molar-refractivity contribution >= 4 is 29.6 Å². The summed E-state index contributed by atoms with van der Waals surface area (Å²) < 4.78 is 5.37. The number of nitrogens with zero attached hydrogens (tertiary/aromatic N) is 3. The van der Waals surface area contributed by atoms with Crippen LogP contribution in [0.3, 0.4) is 0 Å². The summed E-state index contributed by atoms with van der Waals surface area (Å²) >= 11 is 0. The summed E-state index contributed by atoms with van der Waals surface area (Å²) in [5.41, 5.74) is 0.582. The van der Waals surface area contributed by atoms with Crippen LogP contribution < -0.4 is 10.2 Å². The van der Waals surface area contributed by atoms with Gasteiger partial charge >= 0.3 is 12.1 Å². The number of piperazine rings is 1. The fourth-order valence-electron chi connectivity index (χ4n) is 3.20. The Morgan fingerprint density at radius 3 is 2.07 bits per heavy atom. The number of rotatable bonds is 2. The third-order valence-electron chi connectivity index (χ3n) is 4.70. The lowest BCUT2D eigenvalue weighted by atomic mass is 10.1. The first-order valence-electron chi connectivity index (χ1n) is 9.63. The van der Waals surface area contributed by atoms with Crippen LogP contribution in [0.5, 0.6) is 0 Å². The van der Waals surface area contributed by atoms with Crippen molar-refractivity contribution in [2.75, 3.05) is 37.6 Å². The zero-order valence-corrected chi connectivity index (χ0v) is 16.9. The molecule has 5 amide bonds. The van der Waals surface area contributed by atoms with Gasteiger partial charge in [0.15, 0.2) is 0 Å². The molecule has 2 aliphatic rings. The summed E-state index contributed by atoms with van der Waals surface area (Å²) in [7, 11) is 0. The van der Waals surface area contributed by atoms with E-state index in [4.69, 9.17) is 4.74 Å². The van der Waals surface area contributed by atoms with Gasteiger partial charge in [-0.1, -0.05) is 0 Å². The van der Waals surface area contributed by atoms with Gasteiger partial charge in [-0.25, -0.2) is 9.59 Å². The SMILES string of the molecule is CC(C)(C)OC(=O)N1CCN(C(=O)c2ccc(N3CCC(=O)NC3=O)cc2)CC1. The van der Waals surface area contributed by atoms with Crippen LogP contribution in [0.25, 0.3) is 0 Å². The second-order valence-electron chi connectivity index (χ2n) is 8.06. The average Bonchev–Trinajstić information content (AvgIpc) is 2.66. The highest BCUT2D eigenvalue weighted by molar-refractivity contribution is 6.05. The first-order chi connectivity index (χ1) is 13.6. The number of urea groups is 1. The molecule has 0 aromatic heterocycles. The number of hydrogen-bond acceptors (Lipinski definition) is 5. The maximum Gasteiger partial charge on any atom is 0.410 e. The molecule has 156 valence electrons. The second kappa shape index (κ2) is 8.10. The van der Waals surface area contributed by atoms with Gasteiger partial charge in [0.2, 0.25) is 5.91 Å². The Balaban J connectivity index is 1.57. The van der Waals surface area contributed by atoms with Crippen molar-refractivity contribution in [3.63, 3.8) is 0 Å². The molecule has 0 aliphatic carbocycles. The Hall–Kier alpha value is -3.10. The summed E-state index contributed by atoms with van der Waals surface area (Å²) in [6.45, 7) is 7.46. The van der Waals surface area contributed by atoms with Crippen molar-refractivity contribution < 1.29 is 23.9 Å². The molecule has 2 aliphatic heterocycles. The summed E-state index contributed by atoms with van der Waals surface area (Å²) in [6.07, 6.45) is -0.124. The molecule has 0 unspecified atom stereocenters. The monoisotopic (exact) mass is 402 g/mol. The highest BCUT2D eigenvalue weighted by Crippen LogP contribution is 2.19. The molecule has 9 heteroatoms. The molecule has 0 bridgehead atoms.